The number of aliphatic hydroxyl groups is 1. The molecule has 0 bridgehead atoms. The molecule has 0 radical (unpaired) electrons. The van der Waals surface area contributed by atoms with Crippen LogP contribution in [0.2, 0.25) is 0 Å². The summed E-state index contributed by atoms with van der Waals surface area (Å²) in [6.07, 6.45) is -0.370. The van der Waals surface area contributed by atoms with Crippen LogP contribution in [0.5, 0.6) is 0 Å². The van der Waals surface area contributed by atoms with Crippen LogP contribution in [0.15, 0.2) is 0 Å². The van der Waals surface area contributed by atoms with E-state index in [0.717, 1.165) is 13.1 Å². The minimum absolute atomic E-state index is 0.0261. The molecule has 1 saturated heterocycles. The Morgan fingerprint density at radius 2 is 2.00 bits per heavy atom. The fraction of sp³-hybridized carbons (Fsp3) is 1.00. The highest BCUT2D eigenvalue weighted by Crippen LogP contribution is 2.20. The maximum Gasteiger partial charge on any atom is 0.120 e. The van der Waals surface area contributed by atoms with Crippen LogP contribution in [0.3, 0.4) is 0 Å². The standard InChI is InChI=1S/C11H24N2O2/c1-8(14)7-15-10-6-12-9(5-13-10)11(2,3)4/h8-10,12-14H,5-7H2,1-4H3/t8-,9?,10?/m0/s1. The van der Waals surface area contributed by atoms with Gasteiger partial charge in [-0.1, -0.05) is 20.8 Å². The molecule has 2 unspecified atom stereocenters. The Morgan fingerprint density at radius 3 is 2.40 bits per heavy atom. The van der Waals surface area contributed by atoms with E-state index in [9.17, 15) is 0 Å². The van der Waals surface area contributed by atoms with E-state index < -0.39 is 6.10 Å². The highest BCUT2D eigenvalue weighted by Gasteiger charge is 2.29. The summed E-state index contributed by atoms with van der Waals surface area (Å²) >= 11 is 0. The van der Waals surface area contributed by atoms with Crippen LogP contribution in [0, 0.1) is 5.41 Å². The first kappa shape index (κ1) is 12.9. The van der Waals surface area contributed by atoms with Crippen molar-refractivity contribution in [1.29, 1.82) is 0 Å². The molecule has 0 aromatic carbocycles. The zero-order valence-electron chi connectivity index (χ0n) is 10.2. The molecule has 4 nitrogen and oxygen atoms in total. The highest BCUT2D eigenvalue weighted by atomic mass is 16.5. The van der Waals surface area contributed by atoms with E-state index in [1.807, 2.05) is 0 Å². The molecule has 0 saturated carbocycles. The van der Waals surface area contributed by atoms with Crippen molar-refractivity contribution in [3.63, 3.8) is 0 Å². The summed E-state index contributed by atoms with van der Waals surface area (Å²) in [5.74, 6) is 0. The number of hydrogen-bond donors (Lipinski definition) is 3. The largest absolute Gasteiger partial charge is 0.391 e. The van der Waals surface area contributed by atoms with E-state index in [2.05, 4.69) is 31.4 Å². The van der Waals surface area contributed by atoms with Crippen molar-refractivity contribution in [3.8, 4) is 0 Å². The molecule has 3 N–H and O–H groups in total. The maximum absolute atomic E-state index is 9.09. The first-order valence-corrected chi connectivity index (χ1v) is 5.66. The van der Waals surface area contributed by atoms with Crippen LogP contribution in [0.25, 0.3) is 0 Å². The van der Waals surface area contributed by atoms with Gasteiger partial charge in [0.25, 0.3) is 0 Å². The van der Waals surface area contributed by atoms with E-state index in [4.69, 9.17) is 9.84 Å². The Labute approximate surface area is 92.4 Å². The van der Waals surface area contributed by atoms with Crippen LogP contribution in [0.1, 0.15) is 27.7 Å². The van der Waals surface area contributed by atoms with E-state index in [0.29, 0.717) is 12.6 Å². The molecule has 1 aliphatic heterocycles. The molecule has 0 aliphatic carbocycles. The Hall–Kier alpha value is -0.160. The molecule has 90 valence electrons. The van der Waals surface area contributed by atoms with Gasteiger partial charge in [0, 0.05) is 19.1 Å². The normalized spacial score (nSPS) is 30.2. The van der Waals surface area contributed by atoms with Crippen molar-refractivity contribution < 1.29 is 9.84 Å². The van der Waals surface area contributed by atoms with Crippen LogP contribution >= 0.6 is 0 Å². The van der Waals surface area contributed by atoms with Gasteiger partial charge >= 0.3 is 0 Å². The second kappa shape index (κ2) is 5.25. The smallest absolute Gasteiger partial charge is 0.120 e. The summed E-state index contributed by atoms with van der Waals surface area (Å²) in [4.78, 5) is 0. The molecule has 15 heavy (non-hydrogen) atoms. The van der Waals surface area contributed by atoms with Crippen molar-refractivity contribution >= 4 is 0 Å². The van der Waals surface area contributed by atoms with E-state index in [1.54, 1.807) is 6.92 Å². The van der Waals surface area contributed by atoms with Gasteiger partial charge in [0.2, 0.25) is 0 Å². The van der Waals surface area contributed by atoms with Gasteiger partial charge < -0.3 is 15.2 Å². The van der Waals surface area contributed by atoms with E-state index in [1.165, 1.54) is 0 Å². The molecule has 1 heterocycles. The molecular weight excluding hydrogens is 192 g/mol. The fourth-order valence-electron chi connectivity index (χ4n) is 1.63. The zero-order chi connectivity index (χ0) is 11.5. The monoisotopic (exact) mass is 216 g/mol. The molecule has 3 atom stereocenters. The summed E-state index contributed by atoms with van der Waals surface area (Å²) in [5, 5.41) is 15.9. The van der Waals surface area contributed by atoms with Gasteiger partial charge in [-0.25, -0.2) is 0 Å². The molecule has 0 amide bonds. The summed E-state index contributed by atoms with van der Waals surface area (Å²) in [7, 11) is 0. The first-order valence-electron chi connectivity index (χ1n) is 5.66. The zero-order valence-corrected chi connectivity index (χ0v) is 10.2. The van der Waals surface area contributed by atoms with Gasteiger partial charge in [0.1, 0.15) is 6.23 Å². The Balaban J connectivity index is 2.24. The number of rotatable bonds is 3. The lowest BCUT2D eigenvalue weighted by molar-refractivity contribution is -0.0327. The minimum Gasteiger partial charge on any atom is -0.391 e. The molecular formula is C11H24N2O2. The number of nitrogens with one attached hydrogen (secondary N) is 2. The highest BCUT2D eigenvalue weighted by molar-refractivity contribution is 4.87. The third kappa shape index (κ3) is 4.47. The van der Waals surface area contributed by atoms with Crippen molar-refractivity contribution in [2.24, 2.45) is 5.41 Å². The fourth-order valence-corrected chi connectivity index (χ4v) is 1.63. The van der Waals surface area contributed by atoms with Crippen molar-refractivity contribution in [1.82, 2.24) is 10.6 Å². The quantitative estimate of drug-likeness (QED) is 0.636. The second-order valence-corrected chi connectivity index (χ2v) is 5.41. The lowest BCUT2D eigenvalue weighted by atomic mass is 9.86. The molecule has 1 fully saturated rings. The van der Waals surface area contributed by atoms with Crippen LogP contribution in [-0.2, 0) is 4.74 Å². The molecule has 1 aliphatic rings. The minimum atomic E-state index is -0.396. The van der Waals surface area contributed by atoms with Crippen molar-refractivity contribution in [3.05, 3.63) is 0 Å². The summed E-state index contributed by atoms with van der Waals surface area (Å²) in [6.45, 7) is 10.5. The van der Waals surface area contributed by atoms with Crippen LogP contribution in [0.4, 0.5) is 0 Å². The molecule has 0 aromatic rings. The van der Waals surface area contributed by atoms with Gasteiger partial charge in [-0.05, 0) is 12.3 Å². The maximum atomic E-state index is 9.09. The summed E-state index contributed by atoms with van der Waals surface area (Å²) < 4.78 is 5.48. The van der Waals surface area contributed by atoms with Gasteiger partial charge in [0.05, 0.1) is 12.7 Å². The average Bonchev–Trinajstić information content (AvgIpc) is 2.14. The van der Waals surface area contributed by atoms with E-state index in [-0.39, 0.29) is 11.6 Å². The predicted octanol–water partition coefficient (Wildman–Crippen LogP) is 0.317. The lowest BCUT2D eigenvalue weighted by Gasteiger charge is -2.38. The molecule has 0 spiro atoms. The van der Waals surface area contributed by atoms with Crippen LogP contribution in [-0.4, -0.2) is 43.2 Å². The van der Waals surface area contributed by atoms with Crippen LogP contribution < -0.4 is 10.6 Å². The molecule has 1 rings (SSSR count). The second-order valence-electron chi connectivity index (χ2n) is 5.41. The van der Waals surface area contributed by atoms with Gasteiger partial charge in [0.15, 0.2) is 0 Å². The number of ether oxygens (including phenoxy) is 1. The third-order valence-electron chi connectivity index (χ3n) is 2.68. The predicted molar refractivity (Wildman–Crippen MR) is 60.7 cm³/mol. The van der Waals surface area contributed by atoms with Crippen molar-refractivity contribution in [2.75, 3.05) is 19.7 Å². The third-order valence-corrected chi connectivity index (χ3v) is 2.68. The Bertz CT molecular complexity index is 182. The first-order chi connectivity index (χ1) is 6.89. The topological polar surface area (TPSA) is 53.5 Å². The van der Waals surface area contributed by atoms with E-state index >= 15 is 0 Å². The number of hydrogen-bond acceptors (Lipinski definition) is 4. The van der Waals surface area contributed by atoms with Crippen molar-refractivity contribution in [2.45, 2.75) is 46.1 Å². The van der Waals surface area contributed by atoms with Gasteiger partial charge in [-0.15, -0.1) is 0 Å². The number of aliphatic hydroxyl groups excluding tert-OH is 1. The Morgan fingerprint density at radius 1 is 1.33 bits per heavy atom. The summed E-state index contributed by atoms with van der Waals surface area (Å²) in [6, 6.07) is 0.476. The van der Waals surface area contributed by atoms with Gasteiger partial charge in [-0.2, -0.15) is 0 Å². The average molecular weight is 216 g/mol. The molecule has 0 aromatic heterocycles. The lowest BCUT2D eigenvalue weighted by Crippen LogP contribution is -2.59. The molecule has 4 heteroatoms. The summed E-state index contributed by atoms with van der Waals surface area (Å²) in [5.41, 5.74) is 0.266. The SMILES string of the molecule is C[C@H](O)COC1CNC(C(C)(C)C)CN1. The number of piperazine rings is 1. The van der Waals surface area contributed by atoms with Gasteiger partial charge in [-0.3, -0.25) is 5.32 Å². The Kier molecular flexibility index (Phi) is 4.52.